The van der Waals surface area contributed by atoms with E-state index in [2.05, 4.69) is 19.2 Å². The number of halogens is 1. The summed E-state index contributed by atoms with van der Waals surface area (Å²) in [5, 5.41) is 4.11. The lowest BCUT2D eigenvalue weighted by atomic mass is 10.1. The van der Waals surface area contributed by atoms with E-state index in [4.69, 9.17) is 11.6 Å². The Morgan fingerprint density at radius 3 is 2.57 bits per heavy atom. The second-order valence-electron chi connectivity index (χ2n) is 5.43. The third kappa shape index (κ3) is 6.24. The van der Waals surface area contributed by atoms with Crippen LogP contribution in [0.1, 0.15) is 31.9 Å². The Labute approximate surface area is 133 Å². The minimum Gasteiger partial charge on any atom is -0.374 e. The van der Waals surface area contributed by atoms with Crippen LogP contribution >= 0.6 is 11.6 Å². The number of hydrogen-bond donors (Lipinski definition) is 1. The van der Waals surface area contributed by atoms with Crippen LogP contribution in [0.3, 0.4) is 0 Å². The fourth-order valence-electron chi connectivity index (χ4n) is 2.01. The summed E-state index contributed by atoms with van der Waals surface area (Å²) in [6.45, 7) is 5.62. The molecule has 4 nitrogen and oxygen atoms in total. The Bertz CT molecular complexity index is 561. The number of nitrogens with one attached hydrogen (secondary N) is 1. The number of benzene rings is 1. The van der Waals surface area contributed by atoms with Gasteiger partial charge in [-0.1, -0.05) is 24.6 Å². The van der Waals surface area contributed by atoms with Crippen LogP contribution in [-0.2, 0) is 9.84 Å². The zero-order valence-corrected chi connectivity index (χ0v) is 14.8. The molecular formula is C15H25ClN2O2S. The largest absolute Gasteiger partial charge is 0.374 e. The van der Waals surface area contributed by atoms with Gasteiger partial charge in [0, 0.05) is 36.6 Å². The molecule has 0 saturated carbocycles. The first-order valence-corrected chi connectivity index (χ1v) is 9.60. The predicted octanol–water partition coefficient (Wildman–Crippen LogP) is 2.88. The molecule has 0 aliphatic heterocycles. The van der Waals surface area contributed by atoms with E-state index < -0.39 is 9.84 Å². The van der Waals surface area contributed by atoms with Crippen LogP contribution in [0.2, 0.25) is 5.02 Å². The molecular weight excluding hydrogens is 308 g/mol. The Balaban J connectivity index is 2.77. The van der Waals surface area contributed by atoms with Crippen LogP contribution in [0.25, 0.3) is 0 Å². The minimum absolute atomic E-state index is 0.136. The second-order valence-corrected chi connectivity index (χ2v) is 8.10. The van der Waals surface area contributed by atoms with Crippen LogP contribution in [0.4, 0.5) is 5.69 Å². The zero-order valence-electron chi connectivity index (χ0n) is 13.2. The van der Waals surface area contributed by atoms with Gasteiger partial charge in [0.1, 0.15) is 9.84 Å². The second kappa shape index (κ2) is 8.01. The Hall–Kier alpha value is -0.780. The predicted molar refractivity (Wildman–Crippen MR) is 91.1 cm³/mol. The van der Waals surface area contributed by atoms with Crippen molar-refractivity contribution in [1.82, 2.24) is 5.32 Å². The van der Waals surface area contributed by atoms with Gasteiger partial charge in [0.25, 0.3) is 0 Å². The van der Waals surface area contributed by atoms with Crippen LogP contribution < -0.4 is 10.2 Å². The highest BCUT2D eigenvalue weighted by Crippen LogP contribution is 2.27. The summed E-state index contributed by atoms with van der Waals surface area (Å²) in [4.78, 5) is 1.90. The van der Waals surface area contributed by atoms with E-state index in [1.807, 2.05) is 30.1 Å². The summed E-state index contributed by atoms with van der Waals surface area (Å²) in [5.41, 5.74) is 1.99. The highest BCUT2D eigenvalue weighted by atomic mass is 35.5. The van der Waals surface area contributed by atoms with Gasteiger partial charge in [-0.2, -0.15) is 0 Å². The van der Waals surface area contributed by atoms with Crippen molar-refractivity contribution in [1.29, 1.82) is 0 Å². The van der Waals surface area contributed by atoms with Crippen molar-refractivity contribution < 1.29 is 8.42 Å². The lowest BCUT2D eigenvalue weighted by Crippen LogP contribution is -2.25. The normalized spacial score (nSPS) is 13.2. The van der Waals surface area contributed by atoms with E-state index in [0.29, 0.717) is 11.6 Å². The fraction of sp³-hybridized carbons (Fsp3) is 0.600. The summed E-state index contributed by atoms with van der Waals surface area (Å²) < 4.78 is 22.4. The van der Waals surface area contributed by atoms with E-state index >= 15 is 0 Å². The number of sulfone groups is 1. The van der Waals surface area contributed by atoms with E-state index in [0.717, 1.165) is 24.2 Å². The molecule has 0 radical (unpaired) electrons. The molecule has 0 saturated heterocycles. The number of anilines is 1. The monoisotopic (exact) mass is 332 g/mol. The molecule has 0 aromatic heterocycles. The van der Waals surface area contributed by atoms with Gasteiger partial charge >= 0.3 is 0 Å². The lowest BCUT2D eigenvalue weighted by Gasteiger charge is -2.21. The van der Waals surface area contributed by atoms with Gasteiger partial charge in [-0.25, -0.2) is 8.42 Å². The first kappa shape index (κ1) is 18.3. The molecule has 1 unspecified atom stereocenters. The molecule has 0 bridgehead atoms. The molecule has 120 valence electrons. The molecule has 1 atom stereocenters. The Morgan fingerprint density at radius 1 is 1.38 bits per heavy atom. The van der Waals surface area contributed by atoms with E-state index in [1.54, 1.807) is 0 Å². The van der Waals surface area contributed by atoms with Crippen LogP contribution in [-0.4, -0.2) is 40.6 Å². The van der Waals surface area contributed by atoms with E-state index in [9.17, 15) is 8.42 Å². The topological polar surface area (TPSA) is 49.4 Å². The van der Waals surface area contributed by atoms with Crippen molar-refractivity contribution in [2.24, 2.45) is 0 Å². The van der Waals surface area contributed by atoms with Crippen molar-refractivity contribution in [3.63, 3.8) is 0 Å². The van der Waals surface area contributed by atoms with Crippen LogP contribution in [0, 0.1) is 0 Å². The van der Waals surface area contributed by atoms with Crippen molar-refractivity contribution in [2.45, 2.75) is 26.3 Å². The molecule has 21 heavy (non-hydrogen) atoms. The summed E-state index contributed by atoms with van der Waals surface area (Å²) in [5.74, 6) is 0.136. The van der Waals surface area contributed by atoms with Crippen molar-refractivity contribution in [3.8, 4) is 0 Å². The third-order valence-electron chi connectivity index (χ3n) is 3.39. The summed E-state index contributed by atoms with van der Waals surface area (Å²) in [7, 11) is -1.08. The van der Waals surface area contributed by atoms with Crippen molar-refractivity contribution in [2.75, 3.05) is 37.0 Å². The number of hydrogen-bond acceptors (Lipinski definition) is 4. The maximum Gasteiger partial charge on any atom is 0.149 e. The van der Waals surface area contributed by atoms with Gasteiger partial charge < -0.3 is 10.2 Å². The molecule has 0 spiro atoms. The average molecular weight is 333 g/mol. The zero-order chi connectivity index (χ0) is 16.0. The van der Waals surface area contributed by atoms with Gasteiger partial charge in [-0.05, 0) is 37.6 Å². The molecule has 1 N–H and O–H groups in total. The quantitative estimate of drug-likeness (QED) is 0.795. The molecule has 0 fully saturated rings. The summed E-state index contributed by atoms with van der Waals surface area (Å²) in [6, 6.07) is 6.08. The van der Waals surface area contributed by atoms with Gasteiger partial charge in [0.15, 0.2) is 0 Å². The molecule has 1 aromatic rings. The Morgan fingerprint density at radius 2 is 2.05 bits per heavy atom. The highest BCUT2D eigenvalue weighted by Gasteiger charge is 2.12. The van der Waals surface area contributed by atoms with E-state index in [1.165, 1.54) is 6.26 Å². The minimum atomic E-state index is -2.95. The molecule has 0 amide bonds. The maximum absolute atomic E-state index is 11.2. The van der Waals surface area contributed by atoms with Crippen molar-refractivity contribution in [3.05, 3.63) is 28.8 Å². The number of rotatable bonds is 8. The SMILES string of the molecule is CCCNC(C)c1ccc(N(C)CCS(C)(=O)=O)cc1Cl. The fourth-order valence-corrected chi connectivity index (χ4v) is 2.95. The first-order chi connectivity index (χ1) is 9.74. The van der Waals surface area contributed by atoms with Gasteiger partial charge in [0.2, 0.25) is 0 Å². The summed E-state index contributed by atoms with van der Waals surface area (Å²) in [6.07, 6.45) is 2.33. The maximum atomic E-state index is 11.2. The van der Waals surface area contributed by atoms with Crippen molar-refractivity contribution >= 4 is 27.1 Å². The lowest BCUT2D eigenvalue weighted by molar-refractivity contribution is 0.571. The smallest absolute Gasteiger partial charge is 0.149 e. The van der Waals surface area contributed by atoms with Gasteiger partial charge in [-0.15, -0.1) is 0 Å². The first-order valence-electron chi connectivity index (χ1n) is 7.16. The highest BCUT2D eigenvalue weighted by molar-refractivity contribution is 7.90. The van der Waals surface area contributed by atoms with E-state index in [-0.39, 0.29) is 11.8 Å². The molecule has 1 rings (SSSR count). The standard InChI is InChI=1S/C15H25ClN2O2S/c1-5-8-17-12(2)14-7-6-13(11-15(14)16)18(3)9-10-21(4,19)20/h6-7,11-12,17H,5,8-10H2,1-4H3. The Kier molecular flexibility index (Phi) is 6.97. The van der Waals surface area contributed by atoms with Crippen LogP contribution in [0.15, 0.2) is 18.2 Å². The van der Waals surface area contributed by atoms with Crippen LogP contribution in [0.5, 0.6) is 0 Å². The molecule has 0 heterocycles. The van der Waals surface area contributed by atoms with Gasteiger partial charge in [-0.3, -0.25) is 0 Å². The molecule has 0 aliphatic rings. The molecule has 1 aromatic carbocycles. The molecule has 0 aliphatic carbocycles. The average Bonchev–Trinajstić information content (AvgIpc) is 2.41. The third-order valence-corrected chi connectivity index (χ3v) is 4.64. The summed E-state index contributed by atoms with van der Waals surface area (Å²) >= 11 is 6.35. The van der Waals surface area contributed by atoms with Gasteiger partial charge in [0.05, 0.1) is 5.75 Å². The number of nitrogens with zero attached hydrogens (tertiary/aromatic N) is 1. The molecule has 6 heteroatoms.